The minimum absolute atomic E-state index is 0.0147. The summed E-state index contributed by atoms with van der Waals surface area (Å²) < 4.78 is 16.1. The normalized spacial score (nSPS) is 13.5. The highest BCUT2D eigenvalue weighted by atomic mass is 35.5. The van der Waals surface area contributed by atoms with Crippen molar-refractivity contribution in [3.8, 4) is 5.75 Å². The van der Waals surface area contributed by atoms with Crippen LogP contribution in [-0.2, 0) is 19.1 Å². The molecule has 0 bridgehead atoms. The number of esters is 3. The predicted octanol–water partition coefficient (Wildman–Crippen LogP) is 5.25. The Morgan fingerprint density at radius 3 is 1.81 bits per heavy atom. The van der Waals surface area contributed by atoms with Crippen molar-refractivity contribution in [2.75, 3.05) is 13.2 Å². The molecule has 8 heteroatoms. The van der Waals surface area contributed by atoms with Gasteiger partial charge < -0.3 is 19.5 Å². The van der Waals surface area contributed by atoms with E-state index in [0.717, 1.165) is 0 Å². The number of nitrogens with one attached hydrogen (secondary N) is 1. The smallest absolute Gasteiger partial charge is 0.343 e. The quantitative estimate of drug-likeness (QED) is 0.281. The minimum Gasteiger partial charge on any atom is -0.458 e. The van der Waals surface area contributed by atoms with Gasteiger partial charge in [-0.15, -0.1) is 0 Å². The molecule has 0 fully saturated rings. The summed E-state index contributed by atoms with van der Waals surface area (Å²) >= 11 is 5.87. The summed E-state index contributed by atoms with van der Waals surface area (Å²) in [4.78, 5) is 38.4. The first kappa shape index (κ1) is 26.5. The van der Waals surface area contributed by atoms with E-state index in [1.807, 2.05) is 0 Å². The lowest BCUT2D eigenvalue weighted by Gasteiger charge is -2.30. The molecule has 0 aromatic heterocycles. The molecule has 1 N–H and O–H groups in total. The maximum atomic E-state index is 13.0. The van der Waals surface area contributed by atoms with Crippen LogP contribution in [0.4, 0.5) is 0 Å². The van der Waals surface area contributed by atoms with Crippen LogP contribution in [0.2, 0.25) is 5.02 Å². The van der Waals surface area contributed by atoms with Crippen LogP contribution in [0.25, 0.3) is 0 Å². The summed E-state index contributed by atoms with van der Waals surface area (Å²) in [7, 11) is 0. The first-order chi connectivity index (χ1) is 17.3. The van der Waals surface area contributed by atoms with Crippen LogP contribution in [0.5, 0.6) is 5.75 Å². The number of allylic oxidation sites excluding steroid dienone is 2. The van der Waals surface area contributed by atoms with Crippen LogP contribution in [0.15, 0.2) is 96.4 Å². The van der Waals surface area contributed by atoms with E-state index >= 15 is 0 Å². The number of hydrogen-bond acceptors (Lipinski definition) is 7. The number of benzene rings is 2. The molecular formula is C28H26ClNO6. The van der Waals surface area contributed by atoms with Gasteiger partial charge in [-0.1, -0.05) is 49.0 Å². The van der Waals surface area contributed by atoms with Gasteiger partial charge in [0, 0.05) is 16.4 Å². The molecule has 1 aliphatic rings. The van der Waals surface area contributed by atoms with Crippen molar-refractivity contribution in [2.45, 2.75) is 19.8 Å². The zero-order valence-electron chi connectivity index (χ0n) is 20.0. The lowest BCUT2D eigenvalue weighted by Crippen LogP contribution is -2.32. The summed E-state index contributed by atoms with van der Waals surface area (Å²) in [5.41, 5.74) is 2.57. The molecule has 0 atom stereocenters. The van der Waals surface area contributed by atoms with E-state index < -0.39 is 23.8 Å². The highest BCUT2D eigenvalue weighted by molar-refractivity contribution is 6.30. The van der Waals surface area contributed by atoms with Crippen LogP contribution in [0, 0.1) is 0 Å². The molecule has 186 valence electrons. The largest absolute Gasteiger partial charge is 0.458 e. The van der Waals surface area contributed by atoms with E-state index in [1.54, 1.807) is 62.4 Å². The van der Waals surface area contributed by atoms with Crippen LogP contribution in [0.3, 0.4) is 0 Å². The number of halogens is 1. The standard InChI is InChI=1S/C28H26ClNO6/c1-5-15-34-27(32)23-17(3)30-18(4)24(28(33)35-16-6-2)25(23)19-9-13-22(14-10-19)36-26(31)20-7-11-21(29)12-8-20/h5-14,25,30H,1-2,15-16H2,3-4H3. The van der Waals surface area contributed by atoms with Crippen LogP contribution >= 0.6 is 11.6 Å². The number of carbonyl (C=O) groups is 3. The topological polar surface area (TPSA) is 90.9 Å². The third-order valence-electron chi connectivity index (χ3n) is 5.37. The average Bonchev–Trinajstić information content (AvgIpc) is 2.86. The monoisotopic (exact) mass is 507 g/mol. The third-order valence-corrected chi connectivity index (χ3v) is 5.62. The molecule has 0 unspecified atom stereocenters. The van der Waals surface area contributed by atoms with E-state index in [4.69, 9.17) is 25.8 Å². The number of ether oxygens (including phenoxy) is 3. The molecule has 0 saturated carbocycles. The lowest BCUT2D eigenvalue weighted by molar-refractivity contribution is -0.138. The van der Waals surface area contributed by atoms with E-state index in [1.165, 1.54) is 12.2 Å². The van der Waals surface area contributed by atoms with E-state index in [0.29, 0.717) is 33.3 Å². The Hall–Kier alpha value is -4.10. The van der Waals surface area contributed by atoms with Gasteiger partial charge in [0.05, 0.1) is 22.6 Å². The highest BCUT2D eigenvalue weighted by Crippen LogP contribution is 2.39. The zero-order valence-corrected chi connectivity index (χ0v) is 20.8. The minimum atomic E-state index is -0.776. The number of rotatable bonds is 9. The molecule has 36 heavy (non-hydrogen) atoms. The van der Waals surface area contributed by atoms with Crippen molar-refractivity contribution in [1.29, 1.82) is 0 Å². The summed E-state index contributed by atoms with van der Waals surface area (Å²) in [6.45, 7) is 10.6. The number of dihydropyridines is 1. The molecule has 3 rings (SSSR count). The lowest BCUT2D eigenvalue weighted by atomic mass is 9.80. The Morgan fingerprint density at radius 2 is 1.33 bits per heavy atom. The van der Waals surface area contributed by atoms with E-state index in [-0.39, 0.29) is 24.4 Å². The Balaban J connectivity index is 1.96. The zero-order chi connectivity index (χ0) is 26.2. The molecular weight excluding hydrogens is 482 g/mol. The highest BCUT2D eigenvalue weighted by Gasteiger charge is 2.38. The summed E-state index contributed by atoms with van der Waals surface area (Å²) in [5.74, 6) is -2.22. The Morgan fingerprint density at radius 1 is 0.833 bits per heavy atom. The summed E-state index contributed by atoms with van der Waals surface area (Å²) in [6.07, 6.45) is 2.92. The predicted molar refractivity (Wildman–Crippen MR) is 136 cm³/mol. The molecule has 1 aliphatic heterocycles. The first-order valence-corrected chi connectivity index (χ1v) is 11.5. The molecule has 0 saturated heterocycles. The molecule has 7 nitrogen and oxygen atoms in total. The van der Waals surface area contributed by atoms with Crippen LogP contribution in [0.1, 0.15) is 35.7 Å². The van der Waals surface area contributed by atoms with E-state index in [9.17, 15) is 14.4 Å². The van der Waals surface area contributed by atoms with Crippen molar-refractivity contribution < 1.29 is 28.6 Å². The van der Waals surface area contributed by atoms with Gasteiger partial charge in [0.25, 0.3) is 0 Å². The molecule has 0 aliphatic carbocycles. The third kappa shape index (κ3) is 6.12. The van der Waals surface area contributed by atoms with Gasteiger partial charge in [0.15, 0.2) is 0 Å². The fourth-order valence-electron chi connectivity index (χ4n) is 3.77. The molecule has 0 amide bonds. The Kier molecular flexibility index (Phi) is 8.86. The van der Waals surface area contributed by atoms with Gasteiger partial charge in [0.2, 0.25) is 0 Å². The first-order valence-electron chi connectivity index (χ1n) is 11.1. The van der Waals surface area contributed by atoms with Gasteiger partial charge in [-0.05, 0) is 55.8 Å². The maximum absolute atomic E-state index is 13.0. The second-order valence-corrected chi connectivity index (χ2v) is 8.31. The number of hydrogen-bond donors (Lipinski definition) is 1. The van der Waals surface area contributed by atoms with Crippen LogP contribution < -0.4 is 10.1 Å². The second kappa shape index (κ2) is 12.0. The summed E-state index contributed by atoms with van der Waals surface area (Å²) in [6, 6.07) is 12.9. The van der Waals surface area contributed by atoms with Gasteiger partial charge in [-0.2, -0.15) is 0 Å². The van der Waals surface area contributed by atoms with Crippen molar-refractivity contribution in [1.82, 2.24) is 5.32 Å². The van der Waals surface area contributed by atoms with Crippen molar-refractivity contribution in [3.63, 3.8) is 0 Å². The van der Waals surface area contributed by atoms with Crippen molar-refractivity contribution >= 4 is 29.5 Å². The van der Waals surface area contributed by atoms with Crippen molar-refractivity contribution in [3.05, 3.63) is 113 Å². The fraction of sp³-hybridized carbons (Fsp3) is 0.179. The molecule has 0 spiro atoms. The Bertz CT molecular complexity index is 1200. The van der Waals surface area contributed by atoms with Gasteiger partial charge >= 0.3 is 17.9 Å². The SMILES string of the molecule is C=CCOC(=O)C1=C(C)NC(C)=C(C(=O)OCC=C)C1c1ccc(OC(=O)c2ccc(Cl)cc2)cc1. The van der Waals surface area contributed by atoms with Crippen molar-refractivity contribution in [2.24, 2.45) is 0 Å². The second-order valence-electron chi connectivity index (χ2n) is 7.88. The Labute approximate surface area is 214 Å². The van der Waals surface area contributed by atoms with Gasteiger partial charge in [-0.25, -0.2) is 14.4 Å². The van der Waals surface area contributed by atoms with Crippen LogP contribution in [-0.4, -0.2) is 31.1 Å². The number of carbonyl (C=O) groups excluding carboxylic acids is 3. The maximum Gasteiger partial charge on any atom is 0.343 e. The van der Waals surface area contributed by atoms with Gasteiger partial charge in [0.1, 0.15) is 19.0 Å². The van der Waals surface area contributed by atoms with Gasteiger partial charge in [-0.3, -0.25) is 0 Å². The summed E-state index contributed by atoms with van der Waals surface area (Å²) in [5, 5.41) is 3.59. The fourth-order valence-corrected chi connectivity index (χ4v) is 3.90. The molecule has 1 heterocycles. The molecule has 2 aromatic rings. The molecule has 2 aromatic carbocycles. The molecule has 0 radical (unpaired) electrons. The average molecular weight is 508 g/mol. The van der Waals surface area contributed by atoms with E-state index in [2.05, 4.69) is 18.5 Å².